The first kappa shape index (κ1) is 15.6. The maximum Gasteiger partial charge on any atom is 0.125 e. The molecule has 1 N–H and O–H groups in total. The minimum atomic E-state index is -0.608. The van der Waals surface area contributed by atoms with Crippen LogP contribution in [0.15, 0.2) is 30.3 Å². The Morgan fingerprint density at radius 3 is 1.81 bits per heavy atom. The molecule has 0 aliphatic rings. The summed E-state index contributed by atoms with van der Waals surface area (Å²) in [6.07, 6.45) is -0.608. The van der Waals surface area contributed by atoms with Crippen molar-refractivity contribution < 1.29 is 9.84 Å². The first-order valence-electron chi connectivity index (χ1n) is 7.33. The Hall–Kier alpha value is -1.80. The van der Waals surface area contributed by atoms with Gasteiger partial charge in [-0.2, -0.15) is 0 Å². The van der Waals surface area contributed by atoms with E-state index in [0.29, 0.717) is 0 Å². The molecule has 2 rings (SSSR count). The monoisotopic (exact) mass is 284 g/mol. The Labute approximate surface area is 127 Å². The summed E-state index contributed by atoms with van der Waals surface area (Å²) in [4.78, 5) is 0. The Morgan fingerprint density at radius 1 is 0.810 bits per heavy atom. The largest absolute Gasteiger partial charge is 0.490 e. The first-order chi connectivity index (χ1) is 9.86. The van der Waals surface area contributed by atoms with Crippen LogP contribution in [0.2, 0.25) is 0 Å². The highest BCUT2D eigenvalue weighted by Gasteiger charge is 2.12. The van der Waals surface area contributed by atoms with Gasteiger partial charge < -0.3 is 9.84 Å². The van der Waals surface area contributed by atoms with E-state index in [1.807, 2.05) is 39.8 Å². The van der Waals surface area contributed by atoms with Crippen molar-refractivity contribution in [1.29, 1.82) is 0 Å². The van der Waals surface area contributed by atoms with Gasteiger partial charge in [-0.25, -0.2) is 0 Å². The van der Waals surface area contributed by atoms with Gasteiger partial charge in [0.1, 0.15) is 18.5 Å². The Kier molecular flexibility index (Phi) is 4.69. The molecule has 2 aromatic rings. The molecule has 0 aliphatic carbocycles. The third-order valence-electron chi connectivity index (χ3n) is 3.62. The summed E-state index contributed by atoms with van der Waals surface area (Å²) >= 11 is 0. The zero-order chi connectivity index (χ0) is 15.6. The minimum Gasteiger partial charge on any atom is -0.490 e. The Bertz CT molecular complexity index is 601. The third kappa shape index (κ3) is 3.85. The number of hydrogen-bond donors (Lipinski definition) is 1. The second kappa shape index (κ2) is 6.31. The van der Waals surface area contributed by atoms with E-state index in [9.17, 15) is 5.11 Å². The second-order valence-corrected chi connectivity index (χ2v) is 5.98. The van der Waals surface area contributed by atoms with Crippen molar-refractivity contribution in [2.75, 3.05) is 6.61 Å². The lowest BCUT2D eigenvalue weighted by molar-refractivity contribution is 0.107. The zero-order valence-corrected chi connectivity index (χ0v) is 13.5. The molecule has 0 fully saturated rings. The molecule has 0 radical (unpaired) electrons. The summed E-state index contributed by atoms with van der Waals surface area (Å²) in [7, 11) is 0. The van der Waals surface area contributed by atoms with Crippen LogP contribution in [0.25, 0.3) is 0 Å². The highest BCUT2D eigenvalue weighted by molar-refractivity contribution is 5.43. The van der Waals surface area contributed by atoms with Gasteiger partial charge in [0.05, 0.1) is 0 Å². The number of aryl methyl sites for hydroxylation is 5. The third-order valence-corrected chi connectivity index (χ3v) is 3.62. The number of benzene rings is 2. The quantitative estimate of drug-likeness (QED) is 0.905. The molecule has 0 amide bonds. The molecule has 0 aromatic heterocycles. The zero-order valence-electron chi connectivity index (χ0n) is 13.5. The summed E-state index contributed by atoms with van der Waals surface area (Å²) in [5.74, 6) is 0.879. The molecule has 2 heteroatoms. The number of hydrogen-bond acceptors (Lipinski definition) is 2. The van der Waals surface area contributed by atoms with Crippen LogP contribution < -0.4 is 4.74 Å². The van der Waals surface area contributed by atoms with Crippen LogP contribution in [0.3, 0.4) is 0 Å². The van der Waals surface area contributed by atoms with E-state index in [1.165, 1.54) is 5.56 Å². The number of aliphatic hydroxyl groups excluding tert-OH is 1. The van der Waals surface area contributed by atoms with Crippen molar-refractivity contribution in [3.05, 3.63) is 63.7 Å². The maximum atomic E-state index is 10.3. The lowest BCUT2D eigenvalue weighted by atomic mass is 10.0. The summed E-state index contributed by atoms with van der Waals surface area (Å²) in [6.45, 7) is 10.5. The van der Waals surface area contributed by atoms with E-state index in [0.717, 1.165) is 33.6 Å². The highest BCUT2D eigenvalue weighted by Crippen LogP contribution is 2.26. The van der Waals surface area contributed by atoms with Gasteiger partial charge >= 0.3 is 0 Å². The predicted molar refractivity (Wildman–Crippen MR) is 87.0 cm³/mol. The molecule has 1 unspecified atom stereocenters. The van der Waals surface area contributed by atoms with Crippen LogP contribution in [0, 0.1) is 34.6 Å². The van der Waals surface area contributed by atoms with Crippen molar-refractivity contribution in [1.82, 2.24) is 0 Å². The molecular formula is C19H24O2. The standard InChI is InChI=1S/C19H24O2/c1-12-6-13(2)10-17(9-12)18(20)11-21-19-15(4)7-14(3)8-16(19)5/h6-10,18,20H,11H2,1-5H3. The number of ether oxygens (including phenoxy) is 1. The molecule has 0 aliphatic heterocycles. The van der Waals surface area contributed by atoms with Gasteiger partial charge in [0.15, 0.2) is 0 Å². The van der Waals surface area contributed by atoms with E-state index < -0.39 is 6.10 Å². The van der Waals surface area contributed by atoms with Crippen LogP contribution in [0.1, 0.15) is 39.5 Å². The van der Waals surface area contributed by atoms with E-state index in [2.05, 4.69) is 25.1 Å². The van der Waals surface area contributed by atoms with Gasteiger partial charge in [-0.3, -0.25) is 0 Å². The fourth-order valence-electron chi connectivity index (χ4n) is 2.86. The van der Waals surface area contributed by atoms with E-state index in [-0.39, 0.29) is 6.61 Å². The van der Waals surface area contributed by atoms with Crippen LogP contribution in [0.5, 0.6) is 5.75 Å². The van der Waals surface area contributed by atoms with Crippen LogP contribution in [-0.2, 0) is 0 Å². The number of aliphatic hydroxyl groups is 1. The van der Waals surface area contributed by atoms with E-state index in [4.69, 9.17) is 4.74 Å². The Morgan fingerprint density at radius 2 is 1.29 bits per heavy atom. The fraction of sp³-hybridized carbons (Fsp3) is 0.368. The molecule has 2 nitrogen and oxygen atoms in total. The summed E-state index contributed by atoms with van der Waals surface area (Å²) in [5.41, 5.74) is 6.68. The molecule has 0 bridgehead atoms. The van der Waals surface area contributed by atoms with Gasteiger partial charge in [-0.15, -0.1) is 0 Å². The molecule has 0 saturated heterocycles. The average Bonchev–Trinajstić information content (AvgIpc) is 2.35. The minimum absolute atomic E-state index is 0.271. The van der Waals surface area contributed by atoms with Gasteiger partial charge in [-0.05, 0) is 51.3 Å². The predicted octanol–water partition coefficient (Wildman–Crippen LogP) is 4.34. The van der Waals surface area contributed by atoms with Crippen LogP contribution in [0.4, 0.5) is 0 Å². The maximum absolute atomic E-state index is 10.3. The lowest BCUT2D eigenvalue weighted by Gasteiger charge is -2.17. The molecule has 2 aromatic carbocycles. The number of rotatable bonds is 4. The molecule has 0 spiro atoms. The van der Waals surface area contributed by atoms with Crippen molar-refractivity contribution in [3.63, 3.8) is 0 Å². The fourth-order valence-corrected chi connectivity index (χ4v) is 2.86. The van der Waals surface area contributed by atoms with E-state index in [1.54, 1.807) is 0 Å². The molecule has 0 saturated carbocycles. The van der Waals surface area contributed by atoms with Crippen LogP contribution in [-0.4, -0.2) is 11.7 Å². The molecule has 112 valence electrons. The van der Waals surface area contributed by atoms with E-state index >= 15 is 0 Å². The smallest absolute Gasteiger partial charge is 0.125 e. The van der Waals surface area contributed by atoms with Crippen molar-refractivity contribution in [2.45, 2.75) is 40.7 Å². The molecule has 0 heterocycles. The first-order valence-corrected chi connectivity index (χ1v) is 7.33. The molecule has 1 atom stereocenters. The lowest BCUT2D eigenvalue weighted by Crippen LogP contribution is -2.11. The normalized spacial score (nSPS) is 12.3. The van der Waals surface area contributed by atoms with Crippen molar-refractivity contribution >= 4 is 0 Å². The molecular weight excluding hydrogens is 260 g/mol. The second-order valence-electron chi connectivity index (χ2n) is 5.98. The summed E-state index contributed by atoms with van der Waals surface area (Å²) in [6, 6.07) is 10.3. The molecule has 21 heavy (non-hydrogen) atoms. The summed E-state index contributed by atoms with van der Waals surface area (Å²) in [5, 5.41) is 10.3. The van der Waals surface area contributed by atoms with Gasteiger partial charge in [0.2, 0.25) is 0 Å². The van der Waals surface area contributed by atoms with Crippen LogP contribution >= 0.6 is 0 Å². The Balaban J connectivity index is 2.12. The summed E-state index contributed by atoms with van der Waals surface area (Å²) < 4.78 is 5.87. The van der Waals surface area contributed by atoms with Crippen molar-refractivity contribution in [3.8, 4) is 5.75 Å². The van der Waals surface area contributed by atoms with Gasteiger partial charge in [0.25, 0.3) is 0 Å². The van der Waals surface area contributed by atoms with Crippen molar-refractivity contribution in [2.24, 2.45) is 0 Å². The SMILES string of the molecule is Cc1cc(C)cc(C(O)COc2c(C)cc(C)cc2C)c1. The highest BCUT2D eigenvalue weighted by atomic mass is 16.5. The van der Waals surface area contributed by atoms with Gasteiger partial charge in [-0.1, -0.05) is 47.0 Å². The van der Waals surface area contributed by atoms with Gasteiger partial charge in [0, 0.05) is 0 Å². The average molecular weight is 284 g/mol. The topological polar surface area (TPSA) is 29.5 Å².